The number of carbonyl (C=O) groups is 2. The summed E-state index contributed by atoms with van der Waals surface area (Å²) in [6.45, 7) is 3.80. The molecule has 152 valence electrons. The average Bonchev–Trinajstić information content (AvgIpc) is 3.35. The third kappa shape index (κ3) is 3.94. The van der Waals surface area contributed by atoms with Gasteiger partial charge in [0.15, 0.2) is 0 Å². The summed E-state index contributed by atoms with van der Waals surface area (Å²) in [5.74, 6) is -1.17. The Labute approximate surface area is 173 Å². The first-order chi connectivity index (χ1) is 14.1. The first-order valence-electron chi connectivity index (χ1n) is 9.44. The minimum absolute atomic E-state index is 0.0225. The summed E-state index contributed by atoms with van der Waals surface area (Å²) in [7, 11) is 0. The van der Waals surface area contributed by atoms with Crippen LogP contribution in [0.2, 0.25) is 5.02 Å². The van der Waals surface area contributed by atoms with Crippen molar-refractivity contribution in [3.63, 3.8) is 0 Å². The number of Topliss-reactive ketones (excluding diaryl/α,β-unsaturated/α-hetero) is 1. The molecule has 0 spiro atoms. The highest BCUT2D eigenvalue weighted by atomic mass is 35.5. The van der Waals surface area contributed by atoms with Gasteiger partial charge in [-0.15, -0.1) is 0 Å². The monoisotopic (exact) mass is 416 g/mol. The number of carbonyl (C=O) groups excluding carboxylic acids is 2. The summed E-state index contributed by atoms with van der Waals surface area (Å²) in [5.41, 5.74) is 0.436. The number of aliphatic hydroxyl groups excluding tert-OH is 1. The van der Waals surface area contributed by atoms with Crippen molar-refractivity contribution >= 4 is 29.1 Å². The Morgan fingerprint density at radius 1 is 1.10 bits per heavy atom. The molecule has 2 aliphatic rings. The van der Waals surface area contributed by atoms with Crippen LogP contribution in [0.1, 0.15) is 17.4 Å². The molecular formula is C21H21ClN2O5. The highest BCUT2D eigenvalue weighted by Crippen LogP contribution is 2.39. The number of halogens is 1. The molecule has 0 bridgehead atoms. The highest BCUT2D eigenvalue weighted by Gasteiger charge is 2.47. The fourth-order valence-electron chi connectivity index (χ4n) is 3.69. The van der Waals surface area contributed by atoms with Crippen molar-refractivity contribution in [1.29, 1.82) is 0 Å². The minimum Gasteiger partial charge on any atom is -0.507 e. The van der Waals surface area contributed by atoms with Gasteiger partial charge in [0.05, 0.1) is 25.1 Å². The molecule has 1 aromatic carbocycles. The second kappa shape index (κ2) is 8.41. The number of hydrogen-bond acceptors (Lipinski definition) is 6. The summed E-state index contributed by atoms with van der Waals surface area (Å²) >= 11 is 5.92. The number of nitrogens with zero attached hydrogens (tertiary/aromatic N) is 2. The van der Waals surface area contributed by atoms with Gasteiger partial charge >= 0.3 is 0 Å². The van der Waals surface area contributed by atoms with Crippen LogP contribution in [0, 0.1) is 0 Å². The lowest BCUT2D eigenvalue weighted by atomic mass is 9.99. The SMILES string of the molecule is O=C1C(=O)N(CCN2CCOCC2)[C@@H](c2ccco2)/C1=C(\O)c1ccc(Cl)cc1. The Balaban J connectivity index is 1.68. The van der Waals surface area contributed by atoms with E-state index >= 15 is 0 Å². The zero-order valence-electron chi connectivity index (χ0n) is 15.7. The Morgan fingerprint density at radius 2 is 1.83 bits per heavy atom. The summed E-state index contributed by atoms with van der Waals surface area (Å²) < 4.78 is 10.9. The largest absolute Gasteiger partial charge is 0.507 e. The van der Waals surface area contributed by atoms with Gasteiger partial charge in [0.25, 0.3) is 11.7 Å². The molecule has 29 heavy (non-hydrogen) atoms. The smallest absolute Gasteiger partial charge is 0.295 e. The quantitative estimate of drug-likeness (QED) is 0.458. The molecule has 0 radical (unpaired) electrons. The van der Waals surface area contributed by atoms with E-state index in [4.69, 9.17) is 20.8 Å². The maximum atomic E-state index is 12.8. The molecule has 0 unspecified atom stereocenters. The van der Waals surface area contributed by atoms with Crippen molar-refractivity contribution in [2.24, 2.45) is 0 Å². The predicted octanol–water partition coefficient (Wildman–Crippen LogP) is 2.69. The number of ether oxygens (including phenoxy) is 1. The minimum atomic E-state index is -0.776. The molecule has 8 heteroatoms. The van der Waals surface area contributed by atoms with Crippen LogP contribution in [-0.2, 0) is 14.3 Å². The van der Waals surface area contributed by atoms with Crippen LogP contribution in [0.5, 0.6) is 0 Å². The zero-order chi connectivity index (χ0) is 20.4. The van der Waals surface area contributed by atoms with Gasteiger partial charge in [-0.2, -0.15) is 0 Å². The number of furan rings is 1. The lowest BCUT2D eigenvalue weighted by Gasteiger charge is -2.30. The van der Waals surface area contributed by atoms with Crippen molar-refractivity contribution in [3.05, 3.63) is 64.6 Å². The average molecular weight is 417 g/mol. The van der Waals surface area contributed by atoms with Crippen molar-refractivity contribution in [1.82, 2.24) is 9.80 Å². The van der Waals surface area contributed by atoms with E-state index in [1.807, 2.05) is 0 Å². The number of likely N-dealkylation sites (tertiary alicyclic amines) is 1. The Kier molecular flexibility index (Phi) is 5.71. The van der Waals surface area contributed by atoms with Crippen molar-refractivity contribution in [2.45, 2.75) is 6.04 Å². The van der Waals surface area contributed by atoms with Crippen LogP contribution in [0.15, 0.2) is 52.7 Å². The van der Waals surface area contributed by atoms with Crippen molar-refractivity contribution in [3.8, 4) is 0 Å². The summed E-state index contributed by atoms with van der Waals surface area (Å²) in [4.78, 5) is 29.3. The Morgan fingerprint density at radius 3 is 2.48 bits per heavy atom. The van der Waals surface area contributed by atoms with E-state index in [0.717, 1.165) is 13.1 Å². The fraction of sp³-hybridized carbons (Fsp3) is 0.333. The molecule has 2 fully saturated rings. The normalized spacial score (nSPS) is 22.4. The van der Waals surface area contributed by atoms with Gasteiger partial charge in [0.2, 0.25) is 0 Å². The first-order valence-corrected chi connectivity index (χ1v) is 9.82. The number of amides is 1. The summed E-state index contributed by atoms with van der Waals surface area (Å²) in [6, 6.07) is 9.07. The molecule has 1 atom stereocenters. The third-order valence-electron chi connectivity index (χ3n) is 5.23. The molecule has 3 heterocycles. The van der Waals surface area contributed by atoms with Crippen LogP contribution in [0.25, 0.3) is 5.76 Å². The topological polar surface area (TPSA) is 83.2 Å². The maximum absolute atomic E-state index is 12.8. The van der Waals surface area contributed by atoms with Crippen LogP contribution < -0.4 is 0 Å². The molecule has 0 aliphatic carbocycles. The van der Waals surface area contributed by atoms with E-state index in [9.17, 15) is 14.7 Å². The standard InChI is InChI=1S/C21H21ClN2O5/c22-15-5-3-14(4-6-15)19(25)17-18(16-2-1-11-29-16)24(21(27)20(17)26)8-7-23-9-12-28-13-10-23/h1-6,11,18,25H,7-10,12-13H2/b19-17+/t18-/m0/s1. The van der Waals surface area contributed by atoms with Gasteiger partial charge in [-0.05, 0) is 36.4 Å². The number of benzene rings is 1. The van der Waals surface area contributed by atoms with Gasteiger partial charge in [-0.25, -0.2) is 0 Å². The molecule has 2 aromatic rings. The Hall–Kier alpha value is -2.61. The second-order valence-electron chi connectivity index (χ2n) is 6.97. The number of hydrogen-bond donors (Lipinski definition) is 1. The van der Waals surface area contributed by atoms with Crippen molar-refractivity contribution in [2.75, 3.05) is 39.4 Å². The molecule has 7 nitrogen and oxygen atoms in total. The molecule has 2 aliphatic heterocycles. The molecular weight excluding hydrogens is 396 g/mol. The number of ketones is 1. The summed E-state index contributed by atoms with van der Waals surface area (Å²) in [6.07, 6.45) is 1.49. The number of aliphatic hydroxyl groups is 1. The molecule has 1 amide bonds. The van der Waals surface area contributed by atoms with Crippen LogP contribution in [0.3, 0.4) is 0 Å². The third-order valence-corrected chi connectivity index (χ3v) is 5.48. The van der Waals surface area contributed by atoms with E-state index in [2.05, 4.69) is 4.90 Å². The molecule has 1 N–H and O–H groups in total. The van der Waals surface area contributed by atoms with Crippen LogP contribution in [0.4, 0.5) is 0 Å². The number of morpholine rings is 1. The van der Waals surface area contributed by atoms with Crippen LogP contribution >= 0.6 is 11.6 Å². The summed E-state index contributed by atoms with van der Waals surface area (Å²) in [5, 5.41) is 11.4. The number of rotatable bonds is 5. The van der Waals surface area contributed by atoms with E-state index in [-0.39, 0.29) is 11.3 Å². The van der Waals surface area contributed by atoms with Gasteiger partial charge in [0, 0.05) is 36.8 Å². The van der Waals surface area contributed by atoms with Gasteiger partial charge in [-0.3, -0.25) is 14.5 Å². The van der Waals surface area contributed by atoms with Gasteiger partial charge in [-0.1, -0.05) is 11.6 Å². The Bertz CT molecular complexity index is 917. The first kappa shape index (κ1) is 19.7. The molecule has 2 saturated heterocycles. The van der Waals surface area contributed by atoms with Crippen molar-refractivity contribution < 1.29 is 23.8 Å². The van der Waals surface area contributed by atoms with E-state index < -0.39 is 17.7 Å². The highest BCUT2D eigenvalue weighted by molar-refractivity contribution is 6.46. The van der Waals surface area contributed by atoms with Gasteiger partial charge in [0.1, 0.15) is 17.6 Å². The van der Waals surface area contributed by atoms with Crippen LogP contribution in [-0.4, -0.2) is 66.0 Å². The van der Waals surface area contributed by atoms with E-state index in [1.165, 1.54) is 11.2 Å². The maximum Gasteiger partial charge on any atom is 0.295 e. The van der Waals surface area contributed by atoms with E-state index in [0.29, 0.717) is 42.6 Å². The molecule has 0 saturated carbocycles. The van der Waals surface area contributed by atoms with E-state index in [1.54, 1.807) is 36.4 Å². The molecule has 4 rings (SSSR count). The van der Waals surface area contributed by atoms with Gasteiger partial charge < -0.3 is 19.2 Å². The lowest BCUT2D eigenvalue weighted by molar-refractivity contribution is -0.140. The second-order valence-corrected chi connectivity index (χ2v) is 7.41. The predicted molar refractivity (Wildman–Crippen MR) is 106 cm³/mol. The molecule has 1 aromatic heterocycles. The lowest BCUT2D eigenvalue weighted by Crippen LogP contribution is -2.42. The fourth-order valence-corrected chi connectivity index (χ4v) is 3.82. The zero-order valence-corrected chi connectivity index (χ0v) is 16.5.